The minimum Gasteiger partial charge on any atom is -0.491 e. The van der Waals surface area contributed by atoms with E-state index < -0.39 is 23.3 Å². The summed E-state index contributed by atoms with van der Waals surface area (Å²) >= 11 is 0. The van der Waals surface area contributed by atoms with E-state index in [-0.39, 0.29) is 41.6 Å². The lowest BCUT2D eigenvalue weighted by Crippen LogP contribution is -2.21. The van der Waals surface area contributed by atoms with Gasteiger partial charge in [0, 0.05) is 34.6 Å². The van der Waals surface area contributed by atoms with E-state index in [0.29, 0.717) is 22.3 Å². The highest BCUT2D eigenvalue weighted by atomic mass is 19.1. The van der Waals surface area contributed by atoms with Crippen LogP contribution in [0.4, 0.5) is 29.1 Å². The van der Waals surface area contributed by atoms with Crippen LogP contribution >= 0.6 is 0 Å². The van der Waals surface area contributed by atoms with Crippen molar-refractivity contribution in [2.45, 2.75) is 13.1 Å². The average Bonchev–Trinajstić information content (AvgIpc) is 3.37. The van der Waals surface area contributed by atoms with Crippen LogP contribution in [0.3, 0.4) is 0 Å². The van der Waals surface area contributed by atoms with Gasteiger partial charge < -0.3 is 9.64 Å². The zero-order valence-electron chi connectivity index (χ0n) is 22.2. The molecule has 3 aromatic carbocycles. The van der Waals surface area contributed by atoms with Crippen molar-refractivity contribution in [3.05, 3.63) is 126 Å². The molecule has 0 amide bonds. The first kappa shape index (κ1) is 26.9. The van der Waals surface area contributed by atoms with Crippen LogP contribution in [0.15, 0.2) is 91.4 Å². The Labute approximate surface area is 237 Å². The van der Waals surface area contributed by atoms with Crippen molar-refractivity contribution in [3.8, 4) is 17.3 Å². The third-order valence-corrected chi connectivity index (χ3v) is 6.80. The molecule has 3 heterocycles. The zero-order valence-corrected chi connectivity index (χ0v) is 22.2. The molecule has 0 fully saturated rings. The highest BCUT2D eigenvalue weighted by molar-refractivity contribution is 5.92. The first-order valence-corrected chi connectivity index (χ1v) is 12.8. The van der Waals surface area contributed by atoms with Crippen molar-refractivity contribution in [1.82, 2.24) is 24.7 Å². The molecule has 0 aliphatic carbocycles. The average molecular weight is 571 g/mol. The van der Waals surface area contributed by atoms with Crippen molar-refractivity contribution < 1.29 is 22.3 Å². The Morgan fingerprint density at radius 3 is 2.10 bits per heavy atom. The van der Waals surface area contributed by atoms with Gasteiger partial charge >= 0.3 is 0 Å². The maximum Gasteiger partial charge on any atom is 0.183 e. The molecular formula is C31H22F4N6O. The lowest BCUT2D eigenvalue weighted by atomic mass is 10.1. The summed E-state index contributed by atoms with van der Waals surface area (Å²) in [6.07, 6.45) is 4.53. The predicted octanol–water partition coefficient (Wildman–Crippen LogP) is 6.84. The molecular weight excluding hydrogens is 548 g/mol. The van der Waals surface area contributed by atoms with Crippen LogP contribution < -0.4 is 9.64 Å². The summed E-state index contributed by atoms with van der Waals surface area (Å²) in [6, 6.07) is 17.9. The molecule has 42 heavy (non-hydrogen) atoms. The minimum absolute atomic E-state index is 0.135. The second kappa shape index (κ2) is 11.3. The molecule has 0 aliphatic heterocycles. The first-order valence-electron chi connectivity index (χ1n) is 12.8. The molecule has 0 N–H and O–H groups in total. The monoisotopic (exact) mass is 570 g/mol. The van der Waals surface area contributed by atoms with Gasteiger partial charge in [-0.05, 0) is 42.5 Å². The van der Waals surface area contributed by atoms with Crippen molar-refractivity contribution in [2.75, 3.05) is 12.0 Å². The topological polar surface area (TPSA) is 69.0 Å². The van der Waals surface area contributed by atoms with E-state index in [9.17, 15) is 17.6 Å². The van der Waals surface area contributed by atoms with Crippen LogP contribution in [0.2, 0.25) is 0 Å². The third kappa shape index (κ3) is 5.00. The van der Waals surface area contributed by atoms with Crippen molar-refractivity contribution >= 4 is 22.4 Å². The van der Waals surface area contributed by atoms with Crippen LogP contribution in [0.1, 0.15) is 11.1 Å². The van der Waals surface area contributed by atoms with E-state index >= 15 is 0 Å². The Hall–Kier alpha value is -5.32. The molecule has 0 unspecified atom stereocenters. The molecule has 0 atom stereocenters. The smallest absolute Gasteiger partial charge is 0.183 e. The number of methoxy groups -OCH3 is 1. The molecule has 0 radical (unpaired) electrons. The predicted molar refractivity (Wildman–Crippen MR) is 149 cm³/mol. The number of aromatic nitrogens is 5. The highest BCUT2D eigenvalue weighted by Crippen LogP contribution is 2.36. The summed E-state index contributed by atoms with van der Waals surface area (Å²) in [6.45, 7) is -0.394. The summed E-state index contributed by atoms with van der Waals surface area (Å²) in [7, 11) is 1.43. The van der Waals surface area contributed by atoms with E-state index in [4.69, 9.17) is 9.72 Å². The maximum atomic E-state index is 14.8. The van der Waals surface area contributed by atoms with Crippen LogP contribution in [0, 0.1) is 23.3 Å². The fourth-order valence-corrected chi connectivity index (χ4v) is 4.71. The van der Waals surface area contributed by atoms with Gasteiger partial charge in [0.1, 0.15) is 29.0 Å². The molecule has 210 valence electrons. The summed E-state index contributed by atoms with van der Waals surface area (Å²) in [5, 5.41) is 5.29. The van der Waals surface area contributed by atoms with Crippen molar-refractivity contribution in [1.29, 1.82) is 0 Å². The second-order valence-corrected chi connectivity index (χ2v) is 9.30. The van der Waals surface area contributed by atoms with E-state index in [1.54, 1.807) is 53.7 Å². The number of hydrogen-bond donors (Lipinski definition) is 0. The number of hydrogen-bond acceptors (Lipinski definition) is 6. The summed E-state index contributed by atoms with van der Waals surface area (Å²) in [4.78, 5) is 14.8. The molecule has 0 aliphatic rings. The summed E-state index contributed by atoms with van der Waals surface area (Å²) < 4.78 is 65.6. The van der Waals surface area contributed by atoms with Gasteiger partial charge in [-0.2, -0.15) is 5.10 Å². The largest absolute Gasteiger partial charge is 0.491 e. The van der Waals surface area contributed by atoms with Gasteiger partial charge in [-0.25, -0.2) is 27.5 Å². The van der Waals surface area contributed by atoms with Gasteiger partial charge in [-0.15, -0.1) is 0 Å². The lowest BCUT2D eigenvalue weighted by molar-refractivity contribution is 0.411. The molecule has 3 aromatic heterocycles. The number of pyridine rings is 1. The maximum absolute atomic E-state index is 14.8. The zero-order chi connectivity index (χ0) is 29.2. The fourth-order valence-electron chi connectivity index (χ4n) is 4.71. The van der Waals surface area contributed by atoms with Crippen LogP contribution in [0.25, 0.3) is 22.4 Å². The Bertz CT molecular complexity index is 1860. The van der Waals surface area contributed by atoms with E-state index in [1.807, 2.05) is 0 Å². The lowest BCUT2D eigenvalue weighted by Gasteiger charge is -2.26. The van der Waals surface area contributed by atoms with Crippen molar-refractivity contribution in [2.24, 2.45) is 0 Å². The molecule has 6 rings (SSSR count). The molecule has 6 aromatic rings. The molecule has 0 saturated heterocycles. The van der Waals surface area contributed by atoms with Gasteiger partial charge in [-0.1, -0.05) is 30.3 Å². The summed E-state index contributed by atoms with van der Waals surface area (Å²) in [5.74, 6) is -2.18. The van der Waals surface area contributed by atoms with Crippen molar-refractivity contribution in [3.63, 3.8) is 0 Å². The Morgan fingerprint density at radius 1 is 0.786 bits per heavy atom. The van der Waals surface area contributed by atoms with Crippen LogP contribution in [-0.4, -0.2) is 31.8 Å². The van der Waals surface area contributed by atoms with Gasteiger partial charge in [0.2, 0.25) is 0 Å². The quantitative estimate of drug-likeness (QED) is 0.187. The van der Waals surface area contributed by atoms with Crippen LogP contribution in [-0.2, 0) is 13.1 Å². The number of ether oxygens (including phenoxy) is 1. The first-order chi connectivity index (χ1) is 20.4. The second-order valence-electron chi connectivity index (χ2n) is 9.30. The van der Waals surface area contributed by atoms with Gasteiger partial charge in [0.15, 0.2) is 17.4 Å². The molecule has 0 bridgehead atoms. The third-order valence-electron chi connectivity index (χ3n) is 6.80. The normalized spacial score (nSPS) is 11.2. The molecule has 0 saturated carbocycles. The Morgan fingerprint density at radius 2 is 1.43 bits per heavy atom. The number of benzene rings is 3. The number of nitrogens with zero attached hydrogens (tertiary/aromatic N) is 6. The summed E-state index contributed by atoms with van der Waals surface area (Å²) in [5.41, 5.74) is 1.19. The molecule has 7 nitrogen and oxygen atoms in total. The van der Waals surface area contributed by atoms with Gasteiger partial charge in [0.05, 0.1) is 31.9 Å². The number of fused-ring (bicyclic) bond motifs is 1. The Kier molecular flexibility index (Phi) is 7.22. The van der Waals surface area contributed by atoms with Gasteiger partial charge in [0.25, 0.3) is 0 Å². The number of para-hydroxylation sites is 1. The van der Waals surface area contributed by atoms with E-state index in [0.717, 1.165) is 0 Å². The fraction of sp³-hybridized carbons (Fsp3) is 0.0968. The number of anilines is 2. The van der Waals surface area contributed by atoms with E-state index in [1.165, 1.54) is 54.4 Å². The highest BCUT2D eigenvalue weighted by Gasteiger charge is 2.24. The van der Waals surface area contributed by atoms with Crippen LogP contribution in [0.5, 0.6) is 5.75 Å². The van der Waals surface area contributed by atoms with Gasteiger partial charge in [-0.3, -0.25) is 9.67 Å². The minimum atomic E-state index is -0.715. The molecule has 11 heteroatoms. The number of halogens is 4. The van der Waals surface area contributed by atoms with E-state index in [2.05, 4.69) is 15.1 Å². The standard InChI is InChI=1S/C31H22F4N6O/c1-42-28-16-37-30(29-20-6-2-3-11-27(20)41(39-29)18-22-25(34)9-5-10-26(22)35)38-31(28)40(19-12-14-36-15-13-19)17-21-23(32)7-4-8-24(21)33/h2-16H,17-18H2,1H3. The SMILES string of the molecule is COc1cnc(-c2nn(Cc3c(F)cccc3F)c3ccccc23)nc1N(Cc1c(F)cccc1F)c1ccncc1. The molecule has 0 spiro atoms. The number of rotatable bonds is 8. The Balaban J connectivity index is 1.50.